The lowest BCUT2D eigenvalue weighted by Crippen LogP contribution is -1.98. The van der Waals surface area contributed by atoms with Crippen molar-refractivity contribution in [3.63, 3.8) is 0 Å². The van der Waals surface area contributed by atoms with Crippen molar-refractivity contribution >= 4 is 22.3 Å². The first-order valence-corrected chi connectivity index (χ1v) is 6.03. The van der Waals surface area contributed by atoms with Gasteiger partial charge in [-0.25, -0.2) is 4.98 Å². The lowest BCUT2D eigenvalue weighted by Gasteiger charge is -2.02. The predicted molar refractivity (Wildman–Crippen MR) is 66.2 cm³/mol. The molecule has 0 aliphatic rings. The van der Waals surface area contributed by atoms with Gasteiger partial charge in [-0.1, -0.05) is 13.8 Å². The molecule has 0 spiro atoms. The third-order valence-corrected chi connectivity index (χ3v) is 2.96. The van der Waals surface area contributed by atoms with Crippen LogP contribution >= 0.6 is 11.3 Å². The molecule has 2 aromatic rings. The highest BCUT2D eigenvalue weighted by Crippen LogP contribution is 2.24. The van der Waals surface area contributed by atoms with Crippen LogP contribution in [0.4, 0.5) is 10.9 Å². The van der Waals surface area contributed by atoms with Crippen LogP contribution in [-0.4, -0.2) is 15.2 Å². The molecule has 2 heterocycles. The Balaban J connectivity index is 2.23. The molecule has 2 rings (SSSR count). The molecule has 0 bridgehead atoms. The molecule has 0 atom stereocenters. The highest BCUT2D eigenvalue weighted by atomic mass is 32.1. The van der Waals surface area contributed by atoms with Crippen LogP contribution < -0.4 is 5.32 Å². The second-order valence-electron chi connectivity index (χ2n) is 3.76. The summed E-state index contributed by atoms with van der Waals surface area (Å²) in [6, 6.07) is 3.67. The van der Waals surface area contributed by atoms with Crippen LogP contribution in [0.2, 0.25) is 0 Å². The summed E-state index contributed by atoms with van der Waals surface area (Å²) in [5.41, 5.74) is 1.49. The maximum absolute atomic E-state index is 8.92. The van der Waals surface area contributed by atoms with Gasteiger partial charge in [0.1, 0.15) is 6.07 Å². The van der Waals surface area contributed by atoms with Crippen molar-refractivity contribution in [2.45, 2.75) is 19.8 Å². The molecule has 86 valence electrons. The molecule has 5 nitrogen and oxygen atoms in total. The average molecular weight is 245 g/mol. The first-order valence-electron chi connectivity index (χ1n) is 5.15. The van der Waals surface area contributed by atoms with Gasteiger partial charge in [0.2, 0.25) is 0 Å². The lowest BCUT2D eigenvalue weighted by atomic mass is 10.2. The van der Waals surface area contributed by atoms with Crippen molar-refractivity contribution in [3.05, 3.63) is 28.9 Å². The summed E-state index contributed by atoms with van der Waals surface area (Å²) < 4.78 is 0. The van der Waals surface area contributed by atoms with E-state index in [0.717, 1.165) is 10.8 Å². The van der Waals surface area contributed by atoms with Crippen molar-refractivity contribution in [3.8, 4) is 6.07 Å². The summed E-state index contributed by atoms with van der Waals surface area (Å²) in [4.78, 5) is 4.41. The van der Waals surface area contributed by atoms with E-state index in [4.69, 9.17) is 5.26 Å². The van der Waals surface area contributed by atoms with Gasteiger partial charge in [-0.05, 0) is 12.0 Å². The number of rotatable bonds is 3. The van der Waals surface area contributed by atoms with Gasteiger partial charge in [-0.3, -0.25) is 0 Å². The molecule has 1 N–H and O–H groups in total. The van der Waals surface area contributed by atoms with Crippen LogP contribution in [0.25, 0.3) is 0 Å². The number of thiazole rings is 1. The lowest BCUT2D eigenvalue weighted by molar-refractivity contribution is 0.834. The largest absolute Gasteiger partial charge is 0.314 e. The van der Waals surface area contributed by atoms with E-state index >= 15 is 0 Å². The minimum absolute atomic E-state index is 0.388. The van der Waals surface area contributed by atoms with Crippen molar-refractivity contribution in [1.82, 2.24) is 15.2 Å². The van der Waals surface area contributed by atoms with Crippen LogP contribution in [0.1, 0.15) is 31.0 Å². The van der Waals surface area contributed by atoms with Crippen LogP contribution in [0.15, 0.2) is 17.6 Å². The zero-order chi connectivity index (χ0) is 12.3. The molecule has 0 radical (unpaired) electrons. The summed E-state index contributed by atoms with van der Waals surface area (Å²) in [6.45, 7) is 4.17. The number of nitriles is 1. The first kappa shape index (κ1) is 11.5. The van der Waals surface area contributed by atoms with Gasteiger partial charge in [-0.15, -0.1) is 16.4 Å². The molecule has 6 heteroatoms. The zero-order valence-electron chi connectivity index (χ0n) is 9.51. The van der Waals surface area contributed by atoms with E-state index < -0.39 is 0 Å². The van der Waals surface area contributed by atoms with E-state index in [2.05, 4.69) is 40.4 Å². The number of nitrogens with one attached hydrogen (secondary N) is 1. The van der Waals surface area contributed by atoms with Gasteiger partial charge in [0, 0.05) is 5.38 Å². The van der Waals surface area contributed by atoms with E-state index in [9.17, 15) is 0 Å². The number of hydrogen-bond donors (Lipinski definition) is 1. The van der Waals surface area contributed by atoms with E-state index in [1.54, 1.807) is 6.07 Å². The SMILES string of the molecule is CC(C)c1csc(Nc2nnccc2C#N)n1. The summed E-state index contributed by atoms with van der Waals surface area (Å²) in [7, 11) is 0. The molecule has 17 heavy (non-hydrogen) atoms. The normalized spacial score (nSPS) is 10.2. The molecule has 0 aliphatic heterocycles. The van der Waals surface area contributed by atoms with E-state index in [1.165, 1.54) is 17.5 Å². The Hall–Kier alpha value is -2.00. The minimum Gasteiger partial charge on any atom is -0.314 e. The highest BCUT2D eigenvalue weighted by molar-refractivity contribution is 7.13. The van der Waals surface area contributed by atoms with E-state index in [0.29, 0.717) is 17.3 Å². The molecule has 0 saturated heterocycles. The molecular weight excluding hydrogens is 234 g/mol. The van der Waals surface area contributed by atoms with Gasteiger partial charge in [0.05, 0.1) is 17.5 Å². The van der Waals surface area contributed by atoms with Crippen LogP contribution in [-0.2, 0) is 0 Å². The number of nitrogens with zero attached hydrogens (tertiary/aromatic N) is 4. The minimum atomic E-state index is 0.388. The van der Waals surface area contributed by atoms with E-state index in [-0.39, 0.29) is 0 Å². The molecule has 0 aliphatic carbocycles. The van der Waals surface area contributed by atoms with Crippen molar-refractivity contribution in [1.29, 1.82) is 5.26 Å². The van der Waals surface area contributed by atoms with E-state index in [1.807, 2.05) is 5.38 Å². The molecule has 0 aromatic carbocycles. The Morgan fingerprint density at radius 2 is 2.29 bits per heavy atom. The molecule has 0 amide bonds. The molecule has 0 fully saturated rings. The first-order chi connectivity index (χ1) is 8.20. The van der Waals surface area contributed by atoms with Gasteiger partial charge < -0.3 is 5.32 Å². The topological polar surface area (TPSA) is 74.5 Å². The van der Waals surface area contributed by atoms with Crippen LogP contribution in [0, 0.1) is 11.3 Å². The Bertz CT molecular complexity index is 555. The average Bonchev–Trinajstić information content (AvgIpc) is 2.78. The van der Waals surface area contributed by atoms with Gasteiger partial charge in [-0.2, -0.15) is 10.4 Å². The fraction of sp³-hybridized carbons (Fsp3) is 0.273. The second kappa shape index (κ2) is 4.89. The molecular formula is C11H11N5S. The Morgan fingerprint density at radius 3 is 2.94 bits per heavy atom. The Labute approximate surface area is 103 Å². The Morgan fingerprint density at radius 1 is 1.47 bits per heavy atom. The highest BCUT2D eigenvalue weighted by Gasteiger charge is 2.08. The number of aromatic nitrogens is 3. The summed E-state index contributed by atoms with van der Waals surface area (Å²) >= 11 is 1.49. The summed E-state index contributed by atoms with van der Waals surface area (Å²) in [6.07, 6.45) is 1.49. The summed E-state index contributed by atoms with van der Waals surface area (Å²) in [5, 5.41) is 22.3. The standard InChI is InChI=1S/C11H11N5S/c1-7(2)9-6-17-11(14-9)15-10-8(5-12)3-4-13-16-10/h3-4,6-7H,1-2H3,(H,14,15,16). The van der Waals surface area contributed by atoms with Crippen LogP contribution in [0.3, 0.4) is 0 Å². The third-order valence-electron chi connectivity index (χ3n) is 2.18. The molecule has 2 aromatic heterocycles. The van der Waals surface area contributed by atoms with Crippen LogP contribution in [0.5, 0.6) is 0 Å². The zero-order valence-corrected chi connectivity index (χ0v) is 10.3. The number of anilines is 2. The monoisotopic (exact) mass is 245 g/mol. The third kappa shape index (κ3) is 2.57. The molecule has 0 unspecified atom stereocenters. The summed E-state index contributed by atoms with van der Waals surface area (Å²) in [5.74, 6) is 0.832. The molecule has 0 saturated carbocycles. The van der Waals surface area contributed by atoms with Crippen molar-refractivity contribution < 1.29 is 0 Å². The quantitative estimate of drug-likeness (QED) is 0.899. The maximum atomic E-state index is 8.92. The second-order valence-corrected chi connectivity index (χ2v) is 4.62. The fourth-order valence-electron chi connectivity index (χ4n) is 1.22. The van der Waals surface area contributed by atoms with Gasteiger partial charge in [0.15, 0.2) is 10.9 Å². The van der Waals surface area contributed by atoms with Gasteiger partial charge >= 0.3 is 0 Å². The smallest absolute Gasteiger partial charge is 0.188 e. The van der Waals surface area contributed by atoms with Crippen molar-refractivity contribution in [2.75, 3.05) is 5.32 Å². The fourth-order valence-corrected chi connectivity index (χ4v) is 2.10. The Kier molecular flexibility index (Phi) is 3.30. The number of hydrogen-bond acceptors (Lipinski definition) is 6. The predicted octanol–water partition coefficient (Wildman–Crippen LogP) is 2.67. The van der Waals surface area contributed by atoms with Crippen molar-refractivity contribution in [2.24, 2.45) is 0 Å². The maximum Gasteiger partial charge on any atom is 0.188 e. The van der Waals surface area contributed by atoms with Gasteiger partial charge in [0.25, 0.3) is 0 Å².